The minimum absolute atomic E-state index is 0.00841. The number of rotatable bonds is 8. The molecule has 0 saturated heterocycles. The van der Waals surface area contributed by atoms with Gasteiger partial charge in [-0.25, -0.2) is 27.9 Å². The number of nitrogens with two attached hydrogens (primary N) is 1. The van der Waals surface area contributed by atoms with E-state index in [1.807, 2.05) is 0 Å². The van der Waals surface area contributed by atoms with E-state index in [0.29, 0.717) is 11.5 Å². The zero-order valence-corrected chi connectivity index (χ0v) is 16.0. The molecular weight excluding hydrogens is 423 g/mol. The number of nitrogens with one attached hydrogen (secondary N) is 2. The molecule has 1 aromatic heterocycles. The average Bonchev–Trinajstić information content (AvgIpc) is 2.69. The molecule has 158 valence electrons. The second-order valence-electron chi connectivity index (χ2n) is 5.94. The van der Waals surface area contributed by atoms with Crippen molar-refractivity contribution in [3.63, 3.8) is 0 Å². The molecule has 0 aliphatic heterocycles. The summed E-state index contributed by atoms with van der Waals surface area (Å²) in [5, 5.41) is 10.9. The smallest absolute Gasteiger partial charge is 0.387 e. The first-order valence-corrected chi connectivity index (χ1v) is 9.92. The van der Waals surface area contributed by atoms with Crippen LogP contribution in [-0.2, 0) is 16.7 Å². The molecule has 0 spiro atoms. The molecule has 12 heteroatoms. The molecular formula is C18H16F3N5O3S. The van der Waals surface area contributed by atoms with Crippen molar-refractivity contribution in [2.75, 3.05) is 10.6 Å². The first-order valence-electron chi connectivity index (χ1n) is 8.37. The number of sulfonamides is 1. The van der Waals surface area contributed by atoms with Crippen LogP contribution in [-0.4, -0.2) is 25.0 Å². The van der Waals surface area contributed by atoms with Gasteiger partial charge >= 0.3 is 6.61 Å². The summed E-state index contributed by atoms with van der Waals surface area (Å²) in [4.78, 5) is 7.88. The Labute approximate surface area is 170 Å². The molecule has 0 amide bonds. The summed E-state index contributed by atoms with van der Waals surface area (Å²) >= 11 is 0. The Bertz CT molecular complexity index is 1130. The monoisotopic (exact) mass is 439 g/mol. The Morgan fingerprint density at radius 3 is 2.27 bits per heavy atom. The molecule has 0 unspecified atom stereocenters. The molecule has 0 radical (unpaired) electrons. The normalized spacial score (nSPS) is 11.4. The van der Waals surface area contributed by atoms with Gasteiger partial charge < -0.3 is 15.4 Å². The van der Waals surface area contributed by atoms with Gasteiger partial charge in [0.15, 0.2) is 0 Å². The number of ether oxygens (including phenoxy) is 1. The fraction of sp³-hybridized carbons (Fsp3) is 0.111. The first-order chi connectivity index (χ1) is 14.2. The maximum Gasteiger partial charge on any atom is 0.387 e. The van der Waals surface area contributed by atoms with Crippen molar-refractivity contribution in [3.05, 3.63) is 60.4 Å². The maximum atomic E-state index is 13.3. The molecule has 0 bridgehead atoms. The molecule has 0 aliphatic rings. The Balaban J connectivity index is 1.79. The van der Waals surface area contributed by atoms with Crippen molar-refractivity contribution in [2.24, 2.45) is 5.14 Å². The minimum Gasteiger partial charge on any atom is -0.435 e. The van der Waals surface area contributed by atoms with Crippen LogP contribution in [0.3, 0.4) is 0 Å². The summed E-state index contributed by atoms with van der Waals surface area (Å²) in [6, 6.07) is 11.0. The van der Waals surface area contributed by atoms with Gasteiger partial charge in [-0.1, -0.05) is 6.07 Å². The van der Waals surface area contributed by atoms with Gasteiger partial charge in [-0.3, -0.25) is 0 Å². The number of halogens is 3. The van der Waals surface area contributed by atoms with E-state index in [9.17, 15) is 21.6 Å². The topological polar surface area (TPSA) is 119 Å². The molecule has 4 N–H and O–H groups in total. The Morgan fingerprint density at radius 2 is 1.67 bits per heavy atom. The van der Waals surface area contributed by atoms with E-state index in [1.165, 1.54) is 54.9 Å². The third-order valence-corrected chi connectivity index (χ3v) is 4.75. The molecule has 2 aromatic carbocycles. The fourth-order valence-corrected chi connectivity index (χ4v) is 3.00. The number of primary sulfonamides is 1. The quantitative estimate of drug-likeness (QED) is 0.490. The lowest BCUT2D eigenvalue weighted by Gasteiger charge is -2.12. The van der Waals surface area contributed by atoms with E-state index >= 15 is 0 Å². The van der Waals surface area contributed by atoms with Crippen LogP contribution in [0.2, 0.25) is 0 Å². The van der Waals surface area contributed by atoms with Gasteiger partial charge in [0.2, 0.25) is 10.0 Å². The third kappa shape index (κ3) is 5.58. The Morgan fingerprint density at radius 1 is 1.00 bits per heavy atom. The van der Waals surface area contributed by atoms with E-state index < -0.39 is 23.3 Å². The van der Waals surface area contributed by atoms with Gasteiger partial charge in [0.1, 0.15) is 30.4 Å². The summed E-state index contributed by atoms with van der Waals surface area (Å²) in [5.74, 6) is 0.611. The predicted molar refractivity (Wildman–Crippen MR) is 104 cm³/mol. The van der Waals surface area contributed by atoms with Gasteiger partial charge in [-0.05, 0) is 36.4 Å². The molecule has 0 saturated carbocycles. The third-order valence-electron chi connectivity index (χ3n) is 3.84. The highest BCUT2D eigenvalue weighted by Gasteiger charge is 2.12. The van der Waals surface area contributed by atoms with Gasteiger partial charge in [-0.2, -0.15) is 8.78 Å². The highest BCUT2D eigenvalue weighted by molar-refractivity contribution is 7.89. The predicted octanol–water partition coefficient (Wildman–Crippen LogP) is 3.68. The Kier molecular flexibility index (Phi) is 6.37. The number of nitrogens with zero attached hydrogens (tertiary/aromatic N) is 2. The van der Waals surface area contributed by atoms with E-state index in [2.05, 4.69) is 25.3 Å². The van der Waals surface area contributed by atoms with Crippen molar-refractivity contribution in [1.82, 2.24) is 9.97 Å². The van der Waals surface area contributed by atoms with E-state index in [1.54, 1.807) is 0 Å². The second kappa shape index (κ2) is 8.97. The fourth-order valence-electron chi connectivity index (χ4n) is 2.47. The number of alkyl halides is 3. The van der Waals surface area contributed by atoms with Crippen molar-refractivity contribution in [1.29, 1.82) is 0 Å². The molecule has 1 heterocycles. The highest BCUT2D eigenvalue weighted by atomic mass is 32.2. The number of hydrogen-bond acceptors (Lipinski definition) is 7. The van der Waals surface area contributed by atoms with Crippen molar-refractivity contribution < 1.29 is 26.3 Å². The van der Waals surface area contributed by atoms with Crippen LogP contribution in [0.5, 0.6) is 5.75 Å². The summed E-state index contributed by atoms with van der Waals surface area (Å²) < 4.78 is 65.1. The maximum absolute atomic E-state index is 13.3. The molecule has 0 aliphatic carbocycles. The van der Waals surface area contributed by atoms with Crippen LogP contribution in [0, 0.1) is 0 Å². The number of benzene rings is 2. The second-order valence-corrected chi connectivity index (χ2v) is 7.50. The van der Waals surface area contributed by atoms with E-state index in [4.69, 9.17) is 5.14 Å². The molecule has 0 atom stereocenters. The lowest BCUT2D eigenvalue weighted by molar-refractivity contribution is -0.0498. The van der Waals surface area contributed by atoms with Crippen LogP contribution in [0.25, 0.3) is 0 Å². The zero-order valence-electron chi connectivity index (χ0n) is 15.2. The molecule has 0 fully saturated rings. The minimum atomic E-state index is -3.97. The van der Waals surface area contributed by atoms with Crippen molar-refractivity contribution in [2.45, 2.75) is 18.2 Å². The number of anilines is 4. The highest BCUT2D eigenvalue weighted by Crippen LogP contribution is 2.26. The van der Waals surface area contributed by atoms with Crippen LogP contribution < -0.4 is 20.5 Å². The van der Waals surface area contributed by atoms with Crippen LogP contribution in [0.4, 0.5) is 36.2 Å². The molecule has 3 aromatic rings. The van der Waals surface area contributed by atoms with Crippen molar-refractivity contribution in [3.8, 4) is 5.75 Å². The standard InChI is InChI=1S/C18H16F3N5O3S/c19-9-11-1-6-14(30(22,27)28)7-15(11)26-17-8-16(23-10-24-17)25-12-2-4-13(5-3-12)29-18(20)21/h1-8,10,18H,9H2,(H2,22,27,28)(H2,23,24,25,26). The summed E-state index contributed by atoms with van der Waals surface area (Å²) in [6.45, 7) is -3.75. The average molecular weight is 439 g/mol. The zero-order chi connectivity index (χ0) is 21.7. The van der Waals surface area contributed by atoms with Crippen molar-refractivity contribution >= 4 is 33.0 Å². The largest absolute Gasteiger partial charge is 0.435 e. The van der Waals surface area contributed by atoms with Gasteiger partial charge in [0.25, 0.3) is 0 Å². The van der Waals surface area contributed by atoms with Crippen LogP contribution in [0.1, 0.15) is 5.56 Å². The molecule has 3 rings (SSSR count). The molecule has 30 heavy (non-hydrogen) atoms. The van der Waals surface area contributed by atoms with Crippen LogP contribution in [0.15, 0.2) is 59.8 Å². The first kappa shape index (κ1) is 21.3. The molecule has 8 nitrogen and oxygen atoms in total. The lowest BCUT2D eigenvalue weighted by Crippen LogP contribution is -2.12. The Hall–Kier alpha value is -3.38. The number of hydrogen-bond donors (Lipinski definition) is 3. The van der Waals surface area contributed by atoms with Gasteiger partial charge in [-0.15, -0.1) is 0 Å². The summed E-state index contributed by atoms with van der Waals surface area (Å²) in [6.07, 6.45) is 1.23. The van der Waals surface area contributed by atoms with Crippen LogP contribution >= 0.6 is 0 Å². The summed E-state index contributed by atoms with van der Waals surface area (Å²) in [5.41, 5.74) is 0.939. The SMILES string of the molecule is NS(=O)(=O)c1ccc(CF)c(Nc2cc(Nc3ccc(OC(F)F)cc3)ncn2)c1. The number of aromatic nitrogens is 2. The van der Waals surface area contributed by atoms with Gasteiger partial charge in [0, 0.05) is 23.0 Å². The van der Waals surface area contributed by atoms with E-state index in [-0.39, 0.29) is 27.7 Å². The van der Waals surface area contributed by atoms with Gasteiger partial charge in [0.05, 0.1) is 4.90 Å². The lowest BCUT2D eigenvalue weighted by atomic mass is 10.2. The summed E-state index contributed by atoms with van der Waals surface area (Å²) in [7, 11) is -3.97. The van der Waals surface area contributed by atoms with E-state index in [0.717, 1.165) is 0 Å².